The highest BCUT2D eigenvalue weighted by Crippen LogP contribution is 2.10. The van der Waals surface area contributed by atoms with Gasteiger partial charge in [0.1, 0.15) is 0 Å². The summed E-state index contributed by atoms with van der Waals surface area (Å²) in [7, 11) is 0. The average molecular weight is 254 g/mol. The van der Waals surface area contributed by atoms with Crippen molar-refractivity contribution in [1.29, 1.82) is 0 Å². The van der Waals surface area contributed by atoms with E-state index in [0.29, 0.717) is 6.61 Å². The Labute approximate surface area is 113 Å². The third-order valence-corrected chi connectivity index (χ3v) is 3.01. The van der Waals surface area contributed by atoms with E-state index in [0.717, 1.165) is 6.42 Å². The van der Waals surface area contributed by atoms with Crippen LogP contribution in [0.25, 0.3) is 0 Å². The molecule has 0 unspecified atom stereocenters. The van der Waals surface area contributed by atoms with Crippen LogP contribution in [0.2, 0.25) is 0 Å². The van der Waals surface area contributed by atoms with Crippen LogP contribution in [0.3, 0.4) is 0 Å². The standard InChI is InChI=1S/C16H30O2/c1-3-5-6-7-8-9-10-11-12-13-14-15-16(17)18-4-2/h14-15H,3-13H2,1-2H3/b15-14+. The van der Waals surface area contributed by atoms with Crippen molar-refractivity contribution >= 4 is 5.97 Å². The summed E-state index contributed by atoms with van der Waals surface area (Å²) in [5.41, 5.74) is 0. The Balaban J connectivity index is 3.13. The van der Waals surface area contributed by atoms with E-state index in [9.17, 15) is 4.79 Å². The molecule has 0 aromatic rings. The van der Waals surface area contributed by atoms with Gasteiger partial charge in [0.2, 0.25) is 0 Å². The molecule has 18 heavy (non-hydrogen) atoms. The van der Waals surface area contributed by atoms with Gasteiger partial charge in [-0.25, -0.2) is 4.79 Å². The molecule has 0 N–H and O–H groups in total. The average Bonchev–Trinajstić information content (AvgIpc) is 2.36. The highest BCUT2D eigenvalue weighted by atomic mass is 16.5. The van der Waals surface area contributed by atoms with Gasteiger partial charge in [0.15, 0.2) is 0 Å². The second-order valence-corrected chi connectivity index (χ2v) is 4.77. The van der Waals surface area contributed by atoms with Crippen LogP contribution in [-0.4, -0.2) is 12.6 Å². The lowest BCUT2D eigenvalue weighted by Gasteiger charge is -2.00. The normalized spacial score (nSPS) is 11.0. The van der Waals surface area contributed by atoms with Crippen molar-refractivity contribution in [1.82, 2.24) is 0 Å². The third-order valence-electron chi connectivity index (χ3n) is 3.01. The summed E-state index contributed by atoms with van der Waals surface area (Å²) in [6.07, 6.45) is 16.5. The van der Waals surface area contributed by atoms with Gasteiger partial charge in [-0.3, -0.25) is 0 Å². The first-order chi connectivity index (χ1) is 8.81. The molecule has 0 aromatic carbocycles. The Morgan fingerprint density at radius 2 is 1.44 bits per heavy atom. The van der Waals surface area contributed by atoms with Crippen LogP contribution >= 0.6 is 0 Å². The van der Waals surface area contributed by atoms with Gasteiger partial charge in [0.05, 0.1) is 6.61 Å². The molecule has 106 valence electrons. The van der Waals surface area contributed by atoms with Crippen molar-refractivity contribution in [2.75, 3.05) is 6.61 Å². The van der Waals surface area contributed by atoms with E-state index in [1.165, 1.54) is 57.8 Å². The Kier molecular flexibility index (Phi) is 13.6. The zero-order valence-corrected chi connectivity index (χ0v) is 12.2. The summed E-state index contributed by atoms with van der Waals surface area (Å²) in [4.78, 5) is 11.0. The van der Waals surface area contributed by atoms with Gasteiger partial charge in [0, 0.05) is 6.08 Å². The third kappa shape index (κ3) is 13.3. The SMILES string of the molecule is CCCCCCCCCCC/C=C/C(=O)OCC. The summed E-state index contributed by atoms with van der Waals surface area (Å²) in [5, 5.41) is 0. The highest BCUT2D eigenvalue weighted by molar-refractivity contribution is 5.81. The molecule has 0 rings (SSSR count). The molecular formula is C16H30O2. The molecule has 0 aliphatic heterocycles. The molecule has 0 aromatic heterocycles. The number of rotatable bonds is 12. The maximum Gasteiger partial charge on any atom is 0.330 e. The molecule has 0 amide bonds. The van der Waals surface area contributed by atoms with Gasteiger partial charge >= 0.3 is 5.97 Å². The maximum atomic E-state index is 11.0. The minimum absolute atomic E-state index is 0.214. The largest absolute Gasteiger partial charge is 0.463 e. The van der Waals surface area contributed by atoms with E-state index in [-0.39, 0.29) is 5.97 Å². The molecule has 0 spiro atoms. The summed E-state index contributed by atoms with van der Waals surface area (Å²) < 4.78 is 4.81. The topological polar surface area (TPSA) is 26.3 Å². The molecule has 0 heterocycles. The number of allylic oxidation sites excluding steroid dienone is 1. The van der Waals surface area contributed by atoms with Crippen LogP contribution in [0.4, 0.5) is 0 Å². The van der Waals surface area contributed by atoms with Crippen molar-refractivity contribution in [2.45, 2.75) is 78.1 Å². The van der Waals surface area contributed by atoms with E-state index >= 15 is 0 Å². The minimum Gasteiger partial charge on any atom is -0.463 e. The lowest BCUT2D eigenvalue weighted by atomic mass is 10.1. The van der Waals surface area contributed by atoms with Crippen LogP contribution in [0.5, 0.6) is 0 Å². The molecule has 0 fully saturated rings. The van der Waals surface area contributed by atoms with E-state index in [2.05, 4.69) is 6.92 Å². The Bertz CT molecular complexity index is 209. The minimum atomic E-state index is -0.214. The summed E-state index contributed by atoms with van der Waals surface area (Å²) in [5.74, 6) is -0.214. The van der Waals surface area contributed by atoms with Crippen molar-refractivity contribution in [3.63, 3.8) is 0 Å². The number of ether oxygens (including phenoxy) is 1. The fraction of sp³-hybridized carbons (Fsp3) is 0.812. The van der Waals surface area contributed by atoms with Gasteiger partial charge in [-0.2, -0.15) is 0 Å². The number of esters is 1. The first-order valence-corrected chi connectivity index (χ1v) is 7.64. The quantitative estimate of drug-likeness (QED) is 0.277. The fourth-order valence-corrected chi connectivity index (χ4v) is 1.94. The van der Waals surface area contributed by atoms with E-state index in [1.54, 1.807) is 6.08 Å². The zero-order valence-electron chi connectivity index (χ0n) is 12.2. The van der Waals surface area contributed by atoms with Crippen molar-refractivity contribution < 1.29 is 9.53 Å². The summed E-state index contributed by atoms with van der Waals surface area (Å²) >= 11 is 0. The van der Waals surface area contributed by atoms with Crippen LogP contribution in [0.15, 0.2) is 12.2 Å². The monoisotopic (exact) mass is 254 g/mol. The molecule has 0 saturated heterocycles. The molecule has 0 aliphatic rings. The Hall–Kier alpha value is -0.790. The summed E-state index contributed by atoms with van der Waals surface area (Å²) in [6.45, 7) is 4.54. The molecule has 0 aliphatic carbocycles. The summed E-state index contributed by atoms with van der Waals surface area (Å²) in [6, 6.07) is 0. The number of hydrogen-bond donors (Lipinski definition) is 0. The van der Waals surface area contributed by atoms with E-state index in [4.69, 9.17) is 4.74 Å². The van der Waals surface area contributed by atoms with E-state index in [1.807, 2.05) is 13.0 Å². The molecule has 0 bridgehead atoms. The second-order valence-electron chi connectivity index (χ2n) is 4.77. The zero-order chi connectivity index (χ0) is 13.5. The molecule has 0 atom stereocenters. The van der Waals surface area contributed by atoms with Gasteiger partial charge in [0.25, 0.3) is 0 Å². The van der Waals surface area contributed by atoms with E-state index < -0.39 is 0 Å². The Morgan fingerprint density at radius 3 is 2.00 bits per heavy atom. The van der Waals surface area contributed by atoms with Crippen molar-refractivity contribution in [2.24, 2.45) is 0 Å². The maximum absolute atomic E-state index is 11.0. The smallest absolute Gasteiger partial charge is 0.330 e. The van der Waals surface area contributed by atoms with Crippen molar-refractivity contribution in [3.8, 4) is 0 Å². The van der Waals surface area contributed by atoms with Crippen LogP contribution < -0.4 is 0 Å². The predicted octanol–water partition coefficient (Wildman–Crippen LogP) is 5.03. The first-order valence-electron chi connectivity index (χ1n) is 7.64. The number of carbonyl (C=O) groups is 1. The van der Waals surface area contributed by atoms with Crippen molar-refractivity contribution in [3.05, 3.63) is 12.2 Å². The van der Waals surface area contributed by atoms with Gasteiger partial charge in [-0.15, -0.1) is 0 Å². The Morgan fingerprint density at radius 1 is 0.889 bits per heavy atom. The number of carbonyl (C=O) groups excluding carboxylic acids is 1. The van der Waals surface area contributed by atoms with Gasteiger partial charge in [-0.1, -0.05) is 64.4 Å². The lowest BCUT2D eigenvalue weighted by molar-refractivity contribution is -0.137. The molecule has 2 nitrogen and oxygen atoms in total. The van der Waals surface area contributed by atoms with Crippen LogP contribution in [0, 0.1) is 0 Å². The molecule has 2 heteroatoms. The molecular weight excluding hydrogens is 224 g/mol. The fourth-order valence-electron chi connectivity index (χ4n) is 1.94. The highest BCUT2D eigenvalue weighted by Gasteiger charge is 1.93. The van der Waals surface area contributed by atoms with Gasteiger partial charge < -0.3 is 4.74 Å². The van der Waals surface area contributed by atoms with Crippen LogP contribution in [-0.2, 0) is 9.53 Å². The first kappa shape index (κ1) is 17.2. The molecule has 0 radical (unpaired) electrons. The van der Waals surface area contributed by atoms with Gasteiger partial charge in [-0.05, 0) is 19.8 Å². The van der Waals surface area contributed by atoms with Crippen LogP contribution in [0.1, 0.15) is 78.1 Å². The number of hydrogen-bond acceptors (Lipinski definition) is 2. The molecule has 0 saturated carbocycles. The second kappa shape index (κ2) is 14.3. The predicted molar refractivity (Wildman–Crippen MR) is 77.6 cm³/mol. The number of unbranched alkanes of at least 4 members (excludes halogenated alkanes) is 9. The lowest BCUT2D eigenvalue weighted by Crippen LogP contribution is -1.98.